The quantitative estimate of drug-likeness (QED) is 0.184. The van der Waals surface area contributed by atoms with Gasteiger partial charge in [0.2, 0.25) is 0 Å². The number of aliphatic hydroxyl groups is 1. The van der Waals surface area contributed by atoms with Gasteiger partial charge in [0, 0.05) is 12.1 Å². The first-order valence-corrected chi connectivity index (χ1v) is 15.2. The van der Waals surface area contributed by atoms with Crippen LogP contribution < -0.4 is 24.2 Å². The largest absolute Gasteiger partial charge is 0.493 e. The van der Waals surface area contributed by atoms with Gasteiger partial charge in [-0.1, -0.05) is 75.4 Å². The van der Waals surface area contributed by atoms with E-state index in [1.165, 1.54) is 31.4 Å². The molecule has 0 atom stereocenters. The van der Waals surface area contributed by atoms with Crippen molar-refractivity contribution in [3.8, 4) is 23.0 Å². The highest BCUT2D eigenvalue weighted by Gasteiger charge is 2.24. The molecule has 3 N–H and O–H groups in total. The predicted molar refractivity (Wildman–Crippen MR) is 166 cm³/mol. The van der Waals surface area contributed by atoms with Gasteiger partial charge in [0.25, 0.3) is 15.9 Å². The third-order valence-electron chi connectivity index (χ3n) is 6.52. The Kier molecular flexibility index (Phi) is 9.95. The van der Waals surface area contributed by atoms with E-state index in [2.05, 4.69) is 10.0 Å². The van der Waals surface area contributed by atoms with Crippen molar-refractivity contribution >= 4 is 21.6 Å². The van der Waals surface area contributed by atoms with Gasteiger partial charge in [-0.25, -0.2) is 8.42 Å². The second kappa shape index (κ2) is 13.6. The smallest absolute Gasteiger partial charge is 0.262 e. The number of anilines is 1. The number of hydrogen-bond acceptors (Lipinski definition) is 7. The lowest BCUT2D eigenvalue weighted by molar-refractivity contribution is 0.0950. The molecule has 10 heteroatoms. The van der Waals surface area contributed by atoms with Crippen LogP contribution in [0.2, 0.25) is 0 Å². The van der Waals surface area contributed by atoms with Crippen LogP contribution in [0.25, 0.3) is 0 Å². The Balaban J connectivity index is 1.78. The normalized spacial score (nSPS) is 11.5. The van der Waals surface area contributed by atoms with Gasteiger partial charge in [0.1, 0.15) is 6.61 Å². The number of rotatable bonds is 12. The van der Waals surface area contributed by atoms with Crippen molar-refractivity contribution in [2.24, 2.45) is 0 Å². The zero-order chi connectivity index (χ0) is 31.0. The molecule has 0 heterocycles. The summed E-state index contributed by atoms with van der Waals surface area (Å²) in [5.41, 5.74) is 1.79. The maximum absolute atomic E-state index is 13.6. The Morgan fingerprint density at radius 2 is 1.51 bits per heavy atom. The number of methoxy groups -OCH3 is 1. The molecule has 9 nitrogen and oxygen atoms in total. The molecule has 4 aromatic carbocycles. The molecule has 0 fully saturated rings. The van der Waals surface area contributed by atoms with Crippen LogP contribution in [0.5, 0.6) is 23.0 Å². The minimum atomic E-state index is -4.14. The molecule has 0 spiro atoms. The van der Waals surface area contributed by atoms with Crippen molar-refractivity contribution in [3.05, 3.63) is 108 Å². The molecule has 0 aliphatic rings. The standard InChI is InChI=1S/C33H36N2O7S/c1-33(2,3)25-14-16-26(17-15-25)43(38,39)35-27-20-24(32(37)34-22-23-10-6-5-7-11-23)21-30(41-19-18-36)31(27)42-29-13-9-8-12-28(29)40-4/h5-17,20-21,35-36H,18-19,22H2,1-4H3,(H,34,37). The lowest BCUT2D eigenvalue weighted by Gasteiger charge is -2.21. The predicted octanol–water partition coefficient (Wildman–Crippen LogP) is 5.89. The summed E-state index contributed by atoms with van der Waals surface area (Å²) in [6, 6.07) is 25.6. The number of nitrogens with one attached hydrogen (secondary N) is 2. The summed E-state index contributed by atoms with van der Waals surface area (Å²) in [7, 11) is -2.66. The van der Waals surface area contributed by atoms with Gasteiger partial charge in [-0.05, 0) is 52.9 Å². The van der Waals surface area contributed by atoms with E-state index in [1.54, 1.807) is 36.4 Å². The molecule has 4 rings (SSSR count). The van der Waals surface area contributed by atoms with Crippen LogP contribution in [0.3, 0.4) is 0 Å². The summed E-state index contributed by atoms with van der Waals surface area (Å²) in [4.78, 5) is 13.3. The third-order valence-corrected chi connectivity index (χ3v) is 7.90. The zero-order valence-electron chi connectivity index (χ0n) is 24.6. The number of sulfonamides is 1. The Bertz CT molecular complexity index is 1650. The molecule has 0 bridgehead atoms. The Morgan fingerprint density at radius 3 is 2.14 bits per heavy atom. The summed E-state index contributed by atoms with van der Waals surface area (Å²) in [5.74, 6) is 0.263. The van der Waals surface area contributed by atoms with E-state index in [0.29, 0.717) is 5.75 Å². The minimum Gasteiger partial charge on any atom is -0.493 e. The molecule has 0 aliphatic heterocycles. The average Bonchev–Trinajstić information content (AvgIpc) is 3.00. The molecule has 226 valence electrons. The van der Waals surface area contributed by atoms with Gasteiger partial charge in [-0.3, -0.25) is 9.52 Å². The van der Waals surface area contributed by atoms with Crippen LogP contribution in [0.1, 0.15) is 42.3 Å². The van der Waals surface area contributed by atoms with Crippen molar-refractivity contribution in [1.29, 1.82) is 0 Å². The van der Waals surface area contributed by atoms with Crippen LogP contribution in [0, 0.1) is 0 Å². The minimum absolute atomic E-state index is 0.00699. The molecule has 0 unspecified atom stereocenters. The molecule has 4 aromatic rings. The molecule has 0 aliphatic carbocycles. The Morgan fingerprint density at radius 1 is 0.860 bits per heavy atom. The summed E-state index contributed by atoms with van der Waals surface area (Å²) < 4.78 is 47.2. The van der Waals surface area contributed by atoms with Crippen LogP contribution in [-0.4, -0.2) is 39.8 Å². The molecule has 0 radical (unpaired) electrons. The highest BCUT2D eigenvalue weighted by atomic mass is 32.2. The van der Waals surface area contributed by atoms with Gasteiger partial charge < -0.3 is 24.6 Å². The van der Waals surface area contributed by atoms with Crippen LogP contribution in [-0.2, 0) is 22.0 Å². The SMILES string of the molecule is COc1ccccc1Oc1c(NS(=O)(=O)c2ccc(C(C)(C)C)cc2)cc(C(=O)NCc2ccccc2)cc1OCCO. The number of carbonyl (C=O) groups is 1. The van der Waals surface area contributed by atoms with Gasteiger partial charge in [0.05, 0.1) is 24.3 Å². The number of benzene rings is 4. The van der Waals surface area contributed by atoms with Crippen molar-refractivity contribution in [3.63, 3.8) is 0 Å². The van der Waals surface area contributed by atoms with E-state index in [-0.39, 0.29) is 58.6 Å². The summed E-state index contributed by atoms with van der Waals surface area (Å²) in [5, 5.41) is 12.3. The molecule has 0 saturated carbocycles. The topological polar surface area (TPSA) is 123 Å². The van der Waals surface area contributed by atoms with Crippen LogP contribution >= 0.6 is 0 Å². The fraction of sp³-hybridized carbons (Fsp3) is 0.242. The highest BCUT2D eigenvalue weighted by Crippen LogP contribution is 2.43. The second-order valence-electron chi connectivity index (χ2n) is 10.7. The van der Waals surface area contributed by atoms with E-state index >= 15 is 0 Å². The van der Waals surface area contributed by atoms with Gasteiger partial charge in [0.15, 0.2) is 23.0 Å². The lowest BCUT2D eigenvalue weighted by atomic mass is 9.87. The molecular formula is C33H36N2O7S. The number of aliphatic hydroxyl groups excluding tert-OH is 1. The van der Waals surface area contributed by atoms with E-state index in [4.69, 9.17) is 14.2 Å². The van der Waals surface area contributed by atoms with E-state index in [1.807, 2.05) is 51.1 Å². The van der Waals surface area contributed by atoms with Crippen LogP contribution in [0.4, 0.5) is 5.69 Å². The van der Waals surface area contributed by atoms with Crippen LogP contribution in [0.15, 0.2) is 95.9 Å². The maximum atomic E-state index is 13.6. The number of carbonyl (C=O) groups excluding carboxylic acids is 1. The van der Waals surface area contributed by atoms with Crippen molar-refractivity contribution in [2.45, 2.75) is 37.6 Å². The fourth-order valence-electron chi connectivity index (χ4n) is 4.21. The van der Waals surface area contributed by atoms with E-state index in [0.717, 1.165) is 11.1 Å². The molecule has 43 heavy (non-hydrogen) atoms. The van der Waals surface area contributed by atoms with Gasteiger partial charge in [-0.2, -0.15) is 0 Å². The highest BCUT2D eigenvalue weighted by molar-refractivity contribution is 7.92. The number of para-hydroxylation sites is 2. The van der Waals surface area contributed by atoms with Gasteiger partial charge >= 0.3 is 0 Å². The zero-order valence-corrected chi connectivity index (χ0v) is 25.4. The molecule has 1 amide bonds. The number of hydrogen-bond donors (Lipinski definition) is 3. The molecule has 0 saturated heterocycles. The second-order valence-corrected chi connectivity index (χ2v) is 12.4. The van der Waals surface area contributed by atoms with Crippen molar-refractivity contribution in [2.75, 3.05) is 25.0 Å². The Hall–Kier alpha value is -4.54. The maximum Gasteiger partial charge on any atom is 0.262 e. The summed E-state index contributed by atoms with van der Waals surface area (Å²) in [6.45, 7) is 5.93. The monoisotopic (exact) mass is 604 g/mol. The average molecular weight is 605 g/mol. The summed E-state index contributed by atoms with van der Waals surface area (Å²) >= 11 is 0. The fourth-order valence-corrected chi connectivity index (χ4v) is 5.26. The Labute approximate surface area is 252 Å². The molecule has 0 aromatic heterocycles. The van der Waals surface area contributed by atoms with Gasteiger partial charge in [-0.15, -0.1) is 0 Å². The molecular weight excluding hydrogens is 568 g/mol. The number of amides is 1. The third kappa shape index (κ3) is 8.06. The first-order chi connectivity index (χ1) is 20.5. The lowest BCUT2D eigenvalue weighted by Crippen LogP contribution is -2.23. The first kappa shape index (κ1) is 31.4. The first-order valence-electron chi connectivity index (χ1n) is 13.7. The number of ether oxygens (including phenoxy) is 3. The summed E-state index contributed by atoms with van der Waals surface area (Å²) in [6.07, 6.45) is 0. The van der Waals surface area contributed by atoms with Crippen molar-refractivity contribution < 1.29 is 32.5 Å². The van der Waals surface area contributed by atoms with E-state index in [9.17, 15) is 18.3 Å². The van der Waals surface area contributed by atoms with E-state index < -0.39 is 15.9 Å². The van der Waals surface area contributed by atoms with Crippen molar-refractivity contribution in [1.82, 2.24) is 5.32 Å².